The summed E-state index contributed by atoms with van der Waals surface area (Å²) < 4.78 is 131. The van der Waals surface area contributed by atoms with Crippen molar-refractivity contribution in [3.8, 4) is 0 Å². The first-order valence-electron chi connectivity index (χ1n) is 12.3. The zero-order valence-electron chi connectivity index (χ0n) is 22.0. The molecule has 19 heteroatoms. The largest absolute Gasteiger partial charge is 0.419 e. The number of carbonyl (C=O) groups is 3. The maximum atomic E-state index is 14.4. The lowest BCUT2D eigenvalue weighted by Gasteiger charge is -2.16. The van der Waals surface area contributed by atoms with Crippen LogP contribution in [-0.4, -0.2) is 34.4 Å². The van der Waals surface area contributed by atoms with Crippen LogP contribution in [0.1, 0.15) is 27.4 Å². The number of hydrogen-bond donors (Lipinski definition) is 3. The molecule has 0 heterocycles. The minimum Gasteiger partial charge on any atom is -0.326 e. The number of amides is 3. The van der Waals surface area contributed by atoms with Gasteiger partial charge in [0, 0.05) is 17.7 Å². The summed E-state index contributed by atoms with van der Waals surface area (Å²) in [6.07, 6.45) is -9.50. The van der Waals surface area contributed by atoms with Gasteiger partial charge in [0.2, 0.25) is 5.91 Å². The monoisotopic (exact) mass is 723 g/mol. The van der Waals surface area contributed by atoms with Crippen molar-refractivity contribution in [1.29, 1.82) is 0 Å². The molecule has 3 N–H and O–H groups in total. The van der Waals surface area contributed by atoms with Crippen molar-refractivity contribution in [3.05, 3.63) is 87.7 Å². The van der Waals surface area contributed by atoms with Gasteiger partial charge in [-0.2, -0.15) is 22.0 Å². The first-order chi connectivity index (χ1) is 21.2. The fourth-order valence-corrected chi connectivity index (χ4v) is 5.28. The highest BCUT2D eigenvalue weighted by Gasteiger charge is 2.67. The molecule has 0 unspecified atom stereocenters. The number of halogens is 13. The van der Waals surface area contributed by atoms with Crippen molar-refractivity contribution in [3.63, 3.8) is 0 Å². The predicted octanol–water partition coefficient (Wildman–Crippen LogP) is 8.39. The summed E-state index contributed by atoms with van der Waals surface area (Å²) in [6.45, 7) is 0. The van der Waals surface area contributed by atoms with Gasteiger partial charge in [0.25, 0.3) is 5.91 Å². The van der Waals surface area contributed by atoms with E-state index in [0.717, 1.165) is 18.2 Å². The van der Waals surface area contributed by atoms with Crippen molar-refractivity contribution in [2.24, 2.45) is 5.92 Å². The highest BCUT2D eigenvalue weighted by atomic mass is 35.5. The molecule has 1 saturated carbocycles. The Labute approximate surface area is 266 Å². The zero-order chi connectivity index (χ0) is 34.5. The molecule has 3 aromatic rings. The average Bonchev–Trinajstić information content (AvgIpc) is 3.53. The van der Waals surface area contributed by atoms with E-state index in [2.05, 4.69) is 5.32 Å². The molecule has 0 aliphatic heterocycles. The third-order valence-electron chi connectivity index (χ3n) is 6.60. The van der Waals surface area contributed by atoms with Gasteiger partial charge >= 0.3 is 24.4 Å². The Kier molecular flexibility index (Phi) is 9.50. The molecule has 6 nitrogen and oxygen atoms in total. The average molecular weight is 725 g/mol. The first-order valence-corrected chi connectivity index (χ1v) is 13.4. The molecule has 0 bridgehead atoms. The normalized spacial score (nSPS) is 17.4. The molecule has 3 aromatic carbocycles. The van der Waals surface area contributed by atoms with Crippen LogP contribution in [0.5, 0.6) is 0 Å². The van der Waals surface area contributed by atoms with Gasteiger partial charge in [0.15, 0.2) is 0 Å². The minimum atomic E-state index is -5.24. The Morgan fingerprint density at radius 3 is 1.98 bits per heavy atom. The van der Waals surface area contributed by atoms with E-state index < -0.39 is 92.4 Å². The Balaban J connectivity index is 1.52. The van der Waals surface area contributed by atoms with Crippen LogP contribution in [0.15, 0.2) is 48.5 Å². The summed E-state index contributed by atoms with van der Waals surface area (Å²) in [5, 5.41) is 5.12. The molecular weight excluding hydrogens is 711 g/mol. The number of hydrogen-bond acceptors (Lipinski definition) is 3. The molecule has 1 aliphatic rings. The van der Waals surface area contributed by atoms with E-state index in [9.17, 15) is 58.3 Å². The molecule has 46 heavy (non-hydrogen) atoms. The fourth-order valence-electron chi connectivity index (χ4n) is 4.25. The van der Waals surface area contributed by atoms with Gasteiger partial charge < -0.3 is 16.0 Å². The highest BCUT2D eigenvalue weighted by molar-refractivity contribution is 6.53. The number of alkyl halides is 9. The fraction of sp³-hybridized carbons (Fsp3) is 0.222. The van der Waals surface area contributed by atoms with Crippen LogP contribution in [0.2, 0.25) is 5.02 Å². The number of benzene rings is 3. The summed E-state index contributed by atoms with van der Waals surface area (Å²) >= 11 is 18.3. The van der Waals surface area contributed by atoms with Crippen LogP contribution in [0, 0.1) is 23.4 Å². The second-order valence-electron chi connectivity index (χ2n) is 9.69. The second-order valence-corrected chi connectivity index (χ2v) is 11.5. The summed E-state index contributed by atoms with van der Waals surface area (Å²) in [7, 11) is 0. The molecule has 0 saturated heterocycles. The Bertz CT molecular complexity index is 1740. The molecule has 2 atom stereocenters. The van der Waals surface area contributed by atoms with Crippen molar-refractivity contribution in [2.45, 2.75) is 28.8 Å². The molecule has 1 aliphatic carbocycles. The van der Waals surface area contributed by atoms with Crippen LogP contribution in [-0.2, 0) is 15.8 Å². The number of carbonyl (C=O) groups excluding carboxylic acids is 3. The van der Waals surface area contributed by atoms with Gasteiger partial charge in [-0.25, -0.2) is 22.0 Å². The summed E-state index contributed by atoms with van der Waals surface area (Å²) in [5.41, 5.74) is -4.54. The summed E-state index contributed by atoms with van der Waals surface area (Å²) in [4.78, 5) is 37.3. The van der Waals surface area contributed by atoms with Gasteiger partial charge in [-0.1, -0.05) is 17.7 Å². The van der Waals surface area contributed by atoms with Gasteiger partial charge in [0.05, 0.1) is 33.4 Å². The summed E-state index contributed by atoms with van der Waals surface area (Å²) in [6, 6.07) is 5.57. The van der Waals surface area contributed by atoms with Gasteiger partial charge in [-0.15, -0.1) is 23.2 Å². The van der Waals surface area contributed by atoms with Gasteiger partial charge in [-0.3, -0.25) is 14.4 Å². The molecule has 1 fully saturated rings. The Morgan fingerprint density at radius 2 is 1.39 bits per heavy atom. The van der Waals surface area contributed by atoms with E-state index in [1.165, 1.54) is 11.4 Å². The first kappa shape index (κ1) is 35.1. The maximum Gasteiger partial charge on any atom is 0.419 e. The molecule has 3 amide bonds. The maximum absolute atomic E-state index is 14.4. The van der Waals surface area contributed by atoms with Crippen LogP contribution in [0.4, 0.5) is 61.0 Å². The third-order valence-corrected chi connectivity index (χ3v) is 7.87. The van der Waals surface area contributed by atoms with E-state index >= 15 is 0 Å². The number of anilines is 3. The standard InChI is InChI=1S/C27H14Cl3F10N3O3/c28-13-3-2-10(41-22(45)20-19(25(20,29)30)9-1-4-14(31)12(5-9)27(38,39)40)6-11(13)21(44)42-17-8-18(16(33)7-15(17)32)43-24(46)26(36,37)23(34)35/h1-8,19-20,23H,(H,41,45)(H,42,44)(H,43,46)/t19-,20+/m0/s1. The topological polar surface area (TPSA) is 87.3 Å². The molecular formula is C27H14Cl3F10N3O3. The molecule has 0 radical (unpaired) electrons. The smallest absolute Gasteiger partial charge is 0.326 e. The van der Waals surface area contributed by atoms with Gasteiger partial charge in [-0.05, 0) is 42.0 Å². The van der Waals surface area contributed by atoms with Crippen molar-refractivity contribution >= 4 is 69.6 Å². The number of nitrogens with one attached hydrogen (secondary N) is 3. The minimum absolute atomic E-state index is 0.0550. The molecule has 4 rings (SSSR count). The van der Waals surface area contributed by atoms with Crippen LogP contribution in [0.25, 0.3) is 0 Å². The second kappa shape index (κ2) is 12.4. The predicted molar refractivity (Wildman–Crippen MR) is 146 cm³/mol. The third kappa shape index (κ3) is 6.98. The van der Waals surface area contributed by atoms with E-state index in [4.69, 9.17) is 34.8 Å². The lowest BCUT2D eigenvalue weighted by atomic mass is 10.0. The highest BCUT2D eigenvalue weighted by Crippen LogP contribution is 2.65. The number of rotatable bonds is 8. The molecule has 0 spiro atoms. The van der Waals surface area contributed by atoms with Crippen LogP contribution < -0.4 is 16.0 Å². The zero-order valence-corrected chi connectivity index (χ0v) is 24.3. The SMILES string of the molecule is O=C(Nc1cc(NC(=O)C(F)(F)C(F)F)c(F)cc1F)c1cc(NC(=O)[C@H]2[C@H](c3ccc(F)c(C(F)(F)F)c3)C2(Cl)Cl)ccc1Cl. The van der Waals surface area contributed by atoms with E-state index in [1.54, 1.807) is 0 Å². The van der Waals surface area contributed by atoms with Gasteiger partial charge in [0.1, 0.15) is 21.8 Å². The quantitative estimate of drug-likeness (QED) is 0.161. The molecule has 246 valence electrons. The van der Waals surface area contributed by atoms with Crippen LogP contribution >= 0.6 is 34.8 Å². The lowest BCUT2D eigenvalue weighted by Crippen LogP contribution is -2.41. The molecule has 0 aromatic heterocycles. The Morgan fingerprint density at radius 1 is 0.783 bits per heavy atom. The summed E-state index contributed by atoms with van der Waals surface area (Å²) in [5.74, 6) is -17.3. The lowest BCUT2D eigenvalue weighted by molar-refractivity contribution is -0.163. The van der Waals surface area contributed by atoms with E-state index in [1.807, 2.05) is 5.32 Å². The van der Waals surface area contributed by atoms with Crippen LogP contribution in [0.3, 0.4) is 0 Å². The van der Waals surface area contributed by atoms with Crippen molar-refractivity contribution < 1.29 is 58.3 Å². The van der Waals surface area contributed by atoms with Crippen molar-refractivity contribution in [2.75, 3.05) is 16.0 Å². The Hall–Kier alpha value is -3.76. The van der Waals surface area contributed by atoms with Crippen molar-refractivity contribution in [1.82, 2.24) is 0 Å². The van der Waals surface area contributed by atoms with E-state index in [-0.39, 0.29) is 22.3 Å². The van der Waals surface area contributed by atoms with E-state index in [0.29, 0.717) is 18.2 Å².